The van der Waals surface area contributed by atoms with Crippen LogP contribution in [0.4, 0.5) is 0 Å². The molecule has 3 aromatic rings. The highest BCUT2D eigenvalue weighted by molar-refractivity contribution is 7.99. The van der Waals surface area contributed by atoms with Gasteiger partial charge in [-0.1, -0.05) is 35.2 Å². The summed E-state index contributed by atoms with van der Waals surface area (Å²) < 4.78 is 1.58. The number of rotatable bonds is 5. The second kappa shape index (κ2) is 7.20. The standard InChI is InChI=1S/C18H16N6O2S/c19-16(25)15-11-24(22-21-15)12-9-23(10-12)18(26)14-7-4-8-20-17(14)27-13-5-2-1-3-6-13/h1-8,11-12H,9-10H2,(H2,19,25). The predicted octanol–water partition coefficient (Wildman–Crippen LogP) is 1.62. The fourth-order valence-corrected chi connectivity index (χ4v) is 3.66. The Morgan fingerprint density at radius 3 is 2.59 bits per heavy atom. The third kappa shape index (κ3) is 3.54. The molecule has 8 nitrogen and oxygen atoms in total. The van der Waals surface area contributed by atoms with Crippen LogP contribution in [0.15, 0.2) is 64.8 Å². The van der Waals surface area contributed by atoms with Gasteiger partial charge in [-0.2, -0.15) is 0 Å². The Morgan fingerprint density at radius 1 is 1.11 bits per heavy atom. The zero-order valence-corrected chi connectivity index (χ0v) is 15.0. The minimum Gasteiger partial charge on any atom is -0.364 e. The van der Waals surface area contributed by atoms with E-state index in [0.717, 1.165) is 4.90 Å². The number of likely N-dealkylation sites (tertiary alicyclic amines) is 1. The molecule has 0 spiro atoms. The van der Waals surface area contributed by atoms with Gasteiger partial charge in [0.25, 0.3) is 11.8 Å². The average molecular weight is 380 g/mol. The van der Waals surface area contributed by atoms with E-state index < -0.39 is 5.91 Å². The second-order valence-electron chi connectivity index (χ2n) is 6.08. The Labute approximate surface area is 159 Å². The summed E-state index contributed by atoms with van der Waals surface area (Å²) in [5.41, 5.74) is 5.88. The fraction of sp³-hybridized carbons (Fsp3) is 0.167. The molecule has 1 saturated heterocycles. The van der Waals surface area contributed by atoms with E-state index in [4.69, 9.17) is 5.73 Å². The van der Waals surface area contributed by atoms with E-state index in [1.807, 2.05) is 30.3 Å². The number of nitrogens with two attached hydrogens (primary N) is 1. The first-order valence-electron chi connectivity index (χ1n) is 8.30. The topological polar surface area (TPSA) is 107 Å². The number of nitrogens with zero attached hydrogens (tertiary/aromatic N) is 5. The van der Waals surface area contributed by atoms with Gasteiger partial charge in [-0.05, 0) is 24.3 Å². The van der Waals surface area contributed by atoms with Crippen molar-refractivity contribution < 1.29 is 9.59 Å². The number of aromatic nitrogens is 4. The maximum Gasteiger partial charge on any atom is 0.270 e. The zero-order valence-electron chi connectivity index (χ0n) is 14.2. The number of carbonyl (C=O) groups is 2. The van der Waals surface area contributed by atoms with Crippen LogP contribution in [-0.4, -0.2) is 49.8 Å². The van der Waals surface area contributed by atoms with E-state index in [9.17, 15) is 9.59 Å². The zero-order chi connectivity index (χ0) is 18.8. The lowest BCUT2D eigenvalue weighted by Crippen LogP contribution is -2.51. The summed E-state index contributed by atoms with van der Waals surface area (Å²) in [6, 6.07) is 13.3. The molecule has 27 heavy (non-hydrogen) atoms. The Kier molecular flexibility index (Phi) is 4.59. The van der Waals surface area contributed by atoms with Gasteiger partial charge in [0.2, 0.25) is 0 Å². The van der Waals surface area contributed by atoms with Gasteiger partial charge in [0, 0.05) is 24.2 Å². The summed E-state index contributed by atoms with van der Waals surface area (Å²) >= 11 is 1.46. The van der Waals surface area contributed by atoms with Crippen molar-refractivity contribution in [2.75, 3.05) is 13.1 Å². The van der Waals surface area contributed by atoms with Gasteiger partial charge in [-0.25, -0.2) is 9.67 Å². The summed E-state index contributed by atoms with van der Waals surface area (Å²) in [6.07, 6.45) is 3.19. The molecule has 0 bridgehead atoms. The van der Waals surface area contributed by atoms with Crippen molar-refractivity contribution in [3.05, 3.63) is 66.1 Å². The highest BCUT2D eigenvalue weighted by Crippen LogP contribution is 2.31. The SMILES string of the molecule is NC(=O)c1cn(C2CN(C(=O)c3cccnc3Sc3ccccc3)C2)nn1. The molecule has 0 saturated carbocycles. The molecule has 1 fully saturated rings. The molecule has 9 heteroatoms. The number of amides is 2. The number of primary amides is 1. The van der Waals surface area contributed by atoms with Crippen molar-refractivity contribution >= 4 is 23.6 Å². The van der Waals surface area contributed by atoms with Gasteiger partial charge in [-0.15, -0.1) is 5.10 Å². The minimum atomic E-state index is -0.619. The quantitative estimate of drug-likeness (QED) is 0.721. The van der Waals surface area contributed by atoms with Crippen molar-refractivity contribution in [2.45, 2.75) is 16.0 Å². The van der Waals surface area contributed by atoms with E-state index in [-0.39, 0.29) is 17.6 Å². The lowest BCUT2D eigenvalue weighted by Gasteiger charge is -2.39. The molecule has 136 valence electrons. The molecule has 0 radical (unpaired) electrons. The van der Waals surface area contributed by atoms with Crippen LogP contribution in [0, 0.1) is 0 Å². The summed E-state index contributed by atoms with van der Waals surface area (Å²) in [5.74, 6) is -0.695. The number of hydrogen-bond acceptors (Lipinski definition) is 6. The van der Waals surface area contributed by atoms with Gasteiger partial charge in [0.1, 0.15) is 5.03 Å². The summed E-state index contributed by atoms with van der Waals surface area (Å²) in [5, 5.41) is 8.31. The first kappa shape index (κ1) is 17.2. The molecular formula is C18H16N6O2S. The number of pyridine rings is 1. The third-order valence-electron chi connectivity index (χ3n) is 4.25. The first-order valence-corrected chi connectivity index (χ1v) is 9.12. The monoisotopic (exact) mass is 380 g/mol. The van der Waals surface area contributed by atoms with Gasteiger partial charge in [0.05, 0.1) is 17.8 Å². The molecular weight excluding hydrogens is 364 g/mol. The Bertz CT molecular complexity index is 984. The molecule has 3 heterocycles. The van der Waals surface area contributed by atoms with Gasteiger partial charge in [0.15, 0.2) is 5.69 Å². The van der Waals surface area contributed by atoms with E-state index in [1.165, 1.54) is 18.0 Å². The van der Waals surface area contributed by atoms with Crippen molar-refractivity contribution in [3.8, 4) is 0 Å². The van der Waals surface area contributed by atoms with E-state index >= 15 is 0 Å². The van der Waals surface area contributed by atoms with Crippen LogP contribution in [0.25, 0.3) is 0 Å². The van der Waals surface area contributed by atoms with Crippen LogP contribution in [0.2, 0.25) is 0 Å². The maximum atomic E-state index is 12.9. The number of carbonyl (C=O) groups excluding carboxylic acids is 2. The molecule has 0 atom stereocenters. The summed E-state index contributed by atoms with van der Waals surface area (Å²) in [6.45, 7) is 0.982. The summed E-state index contributed by atoms with van der Waals surface area (Å²) in [7, 11) is 0. The van der Waals surface area contributed by atoms with Crippen LogP contribution in [0.1, 0.15) is 26.9 Å². The maximum absolute atomic E-state index is 12.9. The van der Waals surface area contributed by atoms with Crippen LogP contribution in [-0.2, 0) is 0 Å². The Balaban J connectivity index is 1.46. The molecule has 4 rings (SSSR count). The lowest BCUT2D eigenvalue weighted by atomic mass is 10.1. The van der Waals surface area contributed by atoms with Crippen molar-refractivity contribution in [1.29, 1.82) is 0 Å². The van der Waals surface area contributed by atoms with Gasteiger partial charge >= 0.3 is 0 Å². The molecule has 0 unspecified atom stereocenters. The van der Waals surface area contributed by atoms with Crippen LogP contribution in [0.5, 0.6) is 0 Å². The molecule has 1 aliphatic rings. The first-order chi connectivity index (χ1) is 13.1. The van der Waals surface area contributed by atoms with E-state index in [0.29, 0.717) is 23.7 Å². The fourth-order valence-electron chi connectivity index (χ4n) is 2.76. The smallest absolute Gasteiger partial charge is 0.270 e. The highest BCUT2D eigenvalue weighted by atomic mass is 32.2. The summed E-state index contributed by atoms with van der Waals surface area (Å²) in [4.78, 5) is 31.1. The van der Waals surface area contributed by atoms with Crippen molar-refractivity contribution in [3.63, 3.8) is 0 Å². The van der Waals surface area contributed by atoms with Gasteiger partial charge < -0.3 is 10.6 Å². The lowest BCUT2D eigenvalue weighted by molar-refractivity contribution is 0.0493. The normalized spacial score (nSPS) is 14.0. The Morgan fingerprint density at radius 2 is 1.89 bits per heavy atom. The van der Waals surface area contributed by atoms with E-state index in [2.05, 4.69) is 15.3 Å². The molecule has 1 aromatic carbocycles. The van der Waals surface area contributed by atoms with Crippen molar-refractivity contribution in [2.24, 2.45) is 5.73 Å². The minimum absolute atomic E-state index is 0.0172. The van der Waals surface area contributed by atoms with Crippen LogP contribution in [0.3, 0.4) is 0 Å². The Hall–Kier alpha value is -3.20. The third-order valence-corrected chi connectivity index (χ3v) is 5.27. The molecule has 2 N–H and O–H groups in total. The molecule has 2 amide bonds. The predicted molar refractivity (Wildman–Crippen MR) is 98.3 cm³/mol. The highest BCUT2D eigenvalue weighted by Gasteiger charge is 2.34. The van der Waals surface area contributed by atoms with Gasteiger partial charge in [-0.3, -0.25) is 9.59 Å². The largest absolute Gasteiger partial charge is 0.364 e. The number of hydrogen-bond donors (Lipinski definition) is 1. The average Bonchev–Trinajstić information content (AvgIpc) is 3.12. The van der Waals surface area contributed by atoms with Crippen LogP contribution < -0.4 is 5.73 Å². The number of benzene rings is 1. The molecule has 2 aromatic heterocycles. The second-order valence-corrected chi connectivity index (χ2v) is 7.15. The molecule has 0 aliphatic carbocycles. The van der Waals surface area contributed by atoms with Crippen molar-refractivity contribution in [1.82, 2.24) is 24.9 Å². The van der Waals surface area contributed by atoms with Crippen LogP contribution >= 0.6 is 11.8 Å². The van der Waals surface area contributed by atoms with E-state index in [1.54, 1.807) is 27.9 Å². The molecule has 1 aliphatic heterocycles.